The molecular weight excluding hydrogens is 326 g/mol. The highest BCUT2D eigenvalue weighted by molar-refractivity contribution is 5.41. The molecule has 1 saturated carbocycles. The number of rotatable bonds is 9. The van der Waals surface area contributed by atoms with Crippen LogP contribution in [0.2, 0.25) is 0 Å². The van der Waals surface area contributed by atoms with Gasteiger partial charge in [0.2, 0.25) is 0 Å². The molecule has 5 nitrogen and oxygen atoms in total. The third-order valence-electron chi connectivity index (χ3n) is 4.78. The molecule has 3 rings (SSSR count). The topological polar surface area (TPSA) is 66.4 Å². The van der Waals surface area contributed by atoms with E-state index in [2.05, 4.69) is 34.7 Å². The highest BCUT2D eigenvalue weighted by Crippen LogP contribution is 2.25. The zero-order chi connectivity index (χ0) is 18.5. The Morgan fingerprint density at radius 1 is 1.19 bits per heavy atom. The van der Waals surface area contributed by atoms with Gasteiger partial charge in [-0.15, -0.1) is 0 Å². The van der Waals surface area contributed by atoms with E-state index in [1.807, 2.05) is 31.2 Å². The van der Waals surface area contributed by atoms with Gasteiger partial charge in [0.05, 0.1) is 13.2 Å². The smallest absolute Gasteiger partial charge is 0.126 e. The molecule has 0 saturated heterocycles. The fourth-order valence-corrected chi connectivity index (χ4v) is 3.05. The second kappa shape index (κ2) is 8.52. The fourth-order valence-electron chi connectivity index (χ4n) is 3.05. The van der Waals surface area contributed by atoms with Crippen molar-refractivity contribution < 1.29 is 9.84 Å². The number of nitrogens with zero attached hydrogens (tertiary/aromatic N) is 1. The Morgan fingerprint density at radius 3 is 2.54 bits per heavy atom. The Labute approximate surface area is 155 Å². The molecule has 1 aromatic heterocycles. The van der Waals surface area contributed by atoms with Crippen LogP contribution in [0.25, 0.3) is 0 Å². The lowest BCUT2D eigenvalue weighted by Gasteiger charge is -2.19. The van der Waals surface area contributed by atoms with E-state index in [-0.39, 0.29) is 6.04 Å². The number of aryl methyl sites for hydroxylation is 1. The first-order chi connectivity index (χ1) is 12.5. The summed E-state index contributed by atoms with van der Waals surface area (Å²) in [7, 11) is 1.67. The van der Waals surface area contributed by atoms with Crippen molar-refractivity contribution in [3.05, 3.63) is 53.2 Å². The van der Waals surface area contributed by atoms with E-state index in [4.69, 9.17) is 4.74 Å². The van der Waals surface area contributed by atoms with Crippen molar-refractivity contribution in [2.24, 2.45) is 0 Å². The van der Waals surface area contributed by atoms with Gasteiger partial charge >= 0.3 is 0 Å². The van der Waals surface area contributed by atoms with E-state index >= 15 is 0 Å². The Morgan fingerprint density at radius 2 is 1.92 bits per heavy atom. The number of hydrogen-bond acceptors (Lipinski definition) is 5. The number of anilines is 1. The van der Waals surface area contributed by atoms with Crippen molar-refractivity contribution in [2.75, 3.05) is 19.0 Å². The summed E-state index contributed by atoms with van der Waals surface area (Å²) in [5.74, 6) is 1.77. The van der Waals surface area contributed by atoms with Crippen molar-refractivity contribution in [3.8, 4) is 5.75 Å². The lowest BCUT2D eigenvalue weighted by Crippen LogP contribution is -2.32. The van der Waals surface area contributed by atoms with Gasteiger partial charge in [0.15, 0.2) is 0 Å². The SMILES string of the molecule is COc1ccc(C[C@@H](C)NC[C@H](O)c2ccc(NC3CC3)nc2C)cc1. The quantitative estimate of drug-likeness (QED) is 0.644. The predicted molar refractivity (Wildman–Crippen MR) is 105 cm³/mol. The summed E-state index contributed by atoms with van der Waals surface area (Å²) in [5.41, 5.74) is 3.01. The molecule has 0 amide bonds. The molecule has 0 spiro atoms. The number of pyridine rings is 1. The van der Waals surface area contributed by atoms with Crippen LogP contribution in [0.3, 0.4) is 0 Å². The highest BCUT2D eigenvalue weighted by atomic mass is 16.5. The van der Waals surface area contributed by atoms with Crippen molar-refractivity contribution in [3.63, 3.8) is 0 Å². The van der Waals surface area contributed by atoms with Gasteiger partial charge in [-0.2, -0.15) is 0 Å². The third kappa shape index (κ3) is 5.19. The summed E-state index contributed by atoms with van der Waals surface area (Å²) in [6, 6.07) is 12.9. The van der Waals surface area contributed by atoms with Crippen LogP contribution in [0.5, 0.6) is 5.75 Å². The summed E-state index contributed by atoms with van der Waals surface area (Å²) in [5, 5.41) is 17.3. The van der Waals surface area contributed by atoms with Crippen LogP contribution >= 0.6 is 0 Å². The predicted octanol–water partition coefficient (Wildman–Crippen LogP) is 3.23. The number of benzene rings is 1. The minimum Gasteiger partial charge on any atom is -0.497 e. The summed E-state index contributed by atoms with van der Waals surface area (Å²) in [4.78, 5) is 4.57. The maximum atomic E-state index is 10.5. The number of hydrogen-bond donors (Lipinski definition) is 3. The summed E-state index contributed by atoms with van der Waals surface area (Å²) in [6.07, 6.45) is 2.79. The van der Waals surface area contributed by atoms with Crippen molar-refractivity contribution in [2.45, 2.75) is 51.3 Å². The van der Waals surface area contributed by atoms with Gasteiger partial charge in [-0.3, -0.25) is 0 Å². The molecule has 1 fully saturated rings. The Hall–Kier alpha value is -2.11. The zero-order valence-corrected chi connectivity index (χ0v) is 15.8. The van der Waals surface area contributed by atoms with Gasteiger partial charge in [-0.1, -0.05) is 18.2 Å². The molecule has 26 heavy (non-hydrogen) atoms. The number of aliphatic hydroxyl groups is 1. The van der Waals surface area contributed by atoms with Gasteiger partial charge in [-0.05, 0) is 56.9 Å². The summed E-state index contributed by atoms with van der Waals surface area (Å²) < 4.78 is 5.19. The van der Waals surface area contributed by atoms with E-state index in [0.717, 1.165) is 29.2 Å². The molecule has 1 aliphatic rings. The number of ether oxygens (including phenoxy) is 1. The number of methoxy groups -OCH3 is 1. The molecule has 0 radical (unpaired) electrons. The van der Waals surface area contributed by atoms with Gasteiger partial charge in [0, 0.05) is 29.9 Å². The first-order valence-corrected chi connectivity index (χ1v) is 9.33. The molecule has 1 heterocycles. The lowest BCUT2D eigenvalue weighted by atomic mass is 10.1. The van der Waals surface area contributed by atoms with Gasteiger partial charge in [0.1, 0.15) is 11.6 Å². The van der Waals surface area contributed by atoms with Crippen LogP contribution in [0.15, 0.2) is 36.4 Å². The molecule has 5 heteroatoms. The minimum atomic E-state index is -0.559. The maximum absolute atomic E-state index is 10.5. The van der Waals surface area contributed by atoms with E-state index in [1.54, 1.807) is 7.11 Å². The van der Waals surface area contributed by atoms with Crippen LogP contribution in [-0.4, -0.2) is 35.8 Å². The third-order valence-corrected chi connectivity index (χ3v) is 4.78. The van der Waals surface area contributed by atoms with E-state index in [0.29, 0.717) is 12.6 Å². The van der Waals surface area contributed by atoms with E-state index in [1.165, 1.54) is 18.4 Å². The monoisotopic (exact) mass is 355 g/mol. The average molecular weight is 355 g/mol. The van der Waals surface area contributed by atoms with Crippen molar-refractivity contribution >= 4 is 5.82 Å². The van der Waals surface area contributed by atoms with Crippen molar-refractivity contribution in [1.29, 1.82) is 0 Å². The second-order valence-corrected chi connectivity index (χ2v) is 7.17. The Kier molecular flexibility index (Phi) is 6.12. The van der Waals surface area contributed by atoms with Crippen LogP contribution in [0.1, 0.15) is 42.7 Å². The zero-order valence-electron chi connectivity index (χ0n) is 15.8. The summed E-state index contributed by atoms with van der Waals surface area (Å²) >= 11 is 0. The molecule has 0 aliphatic heterocycles. The van der Waals surface area contributed by atoms with Crippen LogP contribution in [0.4, 0.5) is 5.82 Å². The van der Waals surface area contributed by atoms with E-state index < -0.39 is 6.10 Å². The van der Waals surface area contributed by atoms with Crippen LogP contribution < -0.4 is 15.4 Å². The molecule has 140 valence electrons. The Balaban J connectivity index is 1.49. The normalized spacial score (nSPS) is 16.2. The molecule has 1 aromatic carbocycles. The van der Waals surface area contributed by atoms with E-state index in [9.17, 15) is 5.11 Å². The summed E-state index contributed by atoms with van der Waals surface area (Å²) in [6.45, 7) is 4.59. The Bertz CT molecular complexity index is 714. The van der Waals surface area contributed by atoms with Crippen LogP contribution in [-0.2, 0) is 6.42 Å². The number of aromatic nitrogens is 1. The fraction of sp³-hybridized carbons (Fsp3) is 0.476. The maximum Gasteiger partial charge on any atom is 0.126 e. The highest BCUT2D eigenvalue weighted by Gasteiger charge is 2.22. The molecule has 3 N–H and O–H groups in total. The molecule has 2 aromatic rings. The number of nitrogens with one attached hydrogen (secondary N) is 2. The average Bonchev–Trinajstić information content (AvgIpc) is 3.44. The first kappa shape index (κ1) is 18.7. The standard InChI is InChI=1S/C21H29N3O2/c1-14(12-16-4-8-18(26-3)9-5-16)22-13-20(25)19-10-11-21(23-15(19)2)24-17-6-7-17/h4-5,8-11,14,17,20,22,25H,6-7,12-13H2,1-3H3,(H,23,24)/t14-,20+/m1/s1. The largest absolute Gasteiger partial charge is 0.497 e. The van der Waals surface area contributed by atoms with Gasteiger partial charge in [-0.25, -0.2) is 4.98 Å². The minimum absolute atomic E-state index is 0.266. The lowest BCUT2D eigenvalue weighted by molar-refractivity contribution is 0.169. The molecular formula is C21H29N3O2. The second-order valence-electron chi connectivity index (χ2n) is 7.17. The number of aliphatic hydroxyl groups excluding tert-OH is 1. The van der Waals surface area contributed by atoms with Gasteiger partial charge in [0.25, 0.3) is 0 Å². The molecule has 0 unspecified atom stereocenters. The van der Waals surface area contributed by atoms with Crippen molar-refractivity contribution in [1.82, 2.24) is 10.3 Å². The molecule has 2 atom stereocenters. The first-order valence-electron chi connectivity index (χ1n) is 9.33. The van der Waals surface area contributed by atoms with Crippen LogP contribution in [0, 0.1) is 6.92 Å². The molecule has 1 aliphatic carbocycles. The molecule has 0 bridgehead atoms. The van der Waals surface area contributed by atoms with Gasteiger partial charge < -0.3 is 20.5 Å².